The van der Waals surface area contributed by atoms with E-state index >= 15 is 0 Å². The second kappa shape index (κ2) is 5.44. The van der Waals surface area contributed by atoms with Crippen molar-refractivity contribution in [2.75, 3.05) is 5.32 Å². The van der Waals surface area contributed by atoms with Crippen LogP contribution < -0.4 is 5.32 Å². The quantitative estimate of drug-likeness (QED) is 0.827. The molecule has 3 rings (SSSR count). The van der Waals surface area contributed by atoms with Crippen molar-refractivity contribution in [3.63, 3.8) is 0 Å². The van der Waals surface area contributed by atoms with Crippen LogP contribution in [-0.2, 0) is 6.42 Å². The zero-order chi connectivity index (χ0) is 14.1. The molecule has 104 valence electrons. The summed E-state index contributed by atoms with van der Waals surface area (Å²) in [5, 5.41) is 13.0. The highest BCUT2D eigenvalue weighted by molar-refractivity contribution is 9.10. The van der Waals surface area contributed by atoms with E-state index in [4.69, 9.17) is 0 Å². The van der Waals surface area contributed by atoms with Crippen molar-refractivity contribution < 1.29 is 9.50 Å². The van der Waals surface area contributed by atoms with Gasteiger partial charge in [0.25, 0.3) is 0 Å². The molecule has 0 aromatic heterocycles. The minimum absolute atomic E-state index is 0.150. The monoisotopic (exact) mass is 335 g/mol. The highest BCUT2D eigenvalue weighted by Crippen LogP contribution is 2.36. The average Bonchev–Trinajstić information content (AvgIpc) is 2.43. The number of fused-ring (bicyclic) bond motifs is 1. The number of hydrogen-bond donors (Lipinski definition) is 2. The van der Waals surface area contributed by atoms with Gasteiger partial charge in [0.1, 0.15) is 11.6 Å². The molecule has 2 aromatic carbocycles. The molecule has 0 saturated carbocycles. The van der Waals surface area contributed by atoms with Crippen LogP contribution in [0.4, 0.5) is 10.1 Å². The Morgan fingerprint density at radius 3 is 2.90 bits per heavy atom. The number of hydrogen-bond acceptors (Lipinski definition) is 2. The maximum Gasteiger partial charge on any atom is 0.125 e. The summed E-state index contributed by atoms with van der Waals surface area (Å²) in [6.07, 6.45) is 3.04. The van der Waals surface area contributed by atoms with Gasteiger partial charge in [-0.15, -0.1) is 0 Å². The molecule has 0 amide bonds. The molecule has 0 spiro atoms. The molecule has 0 radical (unpaired) electrons. The molecule has 0 aliphatic heterocycles. The number of rotatable bonds is 2. The fourth-order valence-corrected chi connectivity index (χ4v) is 3.11. The highest BCUT2D eigenvalue weighted by atomic mass is 79.9. The van der Waals surface area contributed by atoms with Crippen molar-refractivity contribution in [1.82, 2.24) is 0 Å². The highest BCUT2D eigenvalue weighted by Gasteiger charge is 2.21. The smallest absolute Gasteiger partial charge is 0.125 e. The second-order valence-electron chi connectivity index (χ2n) is 5.10. The Morgan fingerprint density at radius 2 is 2.05 bits per heavy atom. The number of halogens is 2. The van der Waals surface area contributed by atoms with E-state index in [-0.39, 0.29) is 11.9 Å². The number of aromatic hydroxyl groups is 1. The topological polar surface area (TPSA) is 32.3 Å². The Balaban J connectivity index is 1.91. The maximum atomic E-state index is 13.4. The number of anilines is 1. The SMILES string of the molecule is Oc1ccc2c(c1)CCCC2Nc1cc(F)ccc1Br. The van der Waals surface area contributed by atoms with Gasteiger partial charge < -0.3 is 10.4 Å². The van der Waals surface area contributed by atoms with Crippen LogP contribution in [0.3, 0.4) is 0 Å². The first-order valence-corrected chi connectivity index (χ1v) is 7.46. The first kappa shape index (κ1) is 13.4. The number of phenolic OH excluding ortho intramolecular Hbond substituents is 1. The van der Waals surface area contributed by atoms with Crippen molar-refractivity contribution in [2.45, 2.75) is 25.3 Å². The number of phenols is 1. The van der Waals surface area contributed by atoms with Gasteiger partial charge in [-0.3, -0.25) is 0 Å². The van der Waals surface area contributed by atoms with Gasteiger partial charge >= 0.3 is 0 Å². The molecular formula is C16H15BrFNO. The first-order valence-electron chi connectivity index (χ1n) is 6.67. The zero-order valence-electron chi connectivity index (χ0n) is 10.9. The third-order valence-electron chi connectivity index (χ3n) is 3.70. The van der Waals surface area contributed by atoms with Gasteiger partial charge in [-0.2, -0.15) is 0 Å². The largest absolute Gasteiger partial charge is 0.508 e. The van der Waals surface area contributed by atoms with Crippen molar-refractivity contribution in [3.8, 4) is 5.75 Å². The molecule has 20 heavy (non-hydrogen) atoms. The summed E-state index contributed by atoms with van der Waals surface area (Å²) in [6.45, 7) is 0. The van der Waals surface area contributed by atoms with Crippen molar-refractivity contribution in [3.05, 3.63) is 57.8 Å². The van der Waals surface area contributed by atoms with E-state index in [0.29, 0.717) is 5.75 Å². The predicted octanol–water partition coefficient (Wildman–Crippen LogP) is 4.78. The lowest BCUT2D eigenvalue weighted by molar-refractivity contribution is 0.472. The van der Waals surface area contributed by atoms with Crippen molar-refractivity contribution >= 4 is 21.6 Å². The zero-order valence-corrected chi connectivity index (χ0v) is 12.5. The molecule has 0 bridgehead atoms. The third-order valence-corrected chi connectivity index (χ3v) is 4.39. The van der Waals surface area contributed by atoms with Crippen LogP contribution in [0.1, 0.15) is 30.0 Å². The molecule has 0 fully saturated rings. The average molecular weight is 336 g/mol. The van der Waals surface area contributed by atoms with E-state index < -0.39 is 0 Å². The van der Waals surface area contributed by atoms with Gasteiger partial charge in [-0.25, -0.2) is 4.39 Å². The fourth-order valence-electron chi connectivity index (χ4n) is 2.75. The molecule has 2 nitrogen and oxygen atoms in total. The summed E-state index contributed by atoms with van der Waals surface area (Å²) in [5.74, 6) is 0.0498. The molecule has 1 aliphatic carbocycles. The van der Waals surface area contributed by atoms with Gasteiger partial charge in [0, 0.05) is 4.47 Å². The predicted molar refractivity (Wildman–Crippen MR) is 81.5 cm³/mol. The Morgan fingerprint density at radius 1 is 1.20 bits per heavy atom. The third kappa shape index (κ3) is 2.66. The van der Waals surface area contributed by atoms with Gasteiger partial charge in [-0.1, -0.05) is 6.07 Å². The first-order chi connectivity index (χ1) is 9.63. The maximum absolute atomic E-state index is 13.4. The molecule has 0 heterocycles. The lowest BCUT2D eigenvalue weighted by Gasteiger charge is -2.27. The molecule has 2 N–H and O–H groups in total. The number of aryl methyl sites for hydroxylation is 1. The second-order valence-corrected chi connectivity index (χ2v) is 5.95. The Labute approximate surface area is 125 Å². The van der Waals surface area contributed by atoms with E-state index in [9.17, 15) is 9.50 Å². The van der Waals surface area contributed by atoms with Crippen LogP contribution >= 0.6 is 15.9 Å². The lowest BCUT2D eigenvalue weighted by Crippen LogP contribution is -2.17. The fraction of sp³-hybridized carbons (Fsp3) is 0.250. The van der Waals surface area contributed by atoms with Gasteiger partial charge in [0.15, 0.2) is 0 Å². The van der Waals surface area contributed by atoms with Crippen molar-refractivity contribution in [2.24, 2.45) is 0 Å². The summed E-state index contributed by atoms with van der Waals surface area (Å²) in [6, 6.07) is 10.3. The Hall–Kier alpha value is -1.55. The van der Waals surface area contributed by atoms with E-state index in [2.05, 4.69) is 21.2 Å². The standard InChI is InChI=1S/C16H15BrFNO/c17-14-7-4-11(18)9-16(14)19-15-3-1-2-10-8-12(20)5-6-13(10)15/h4-9,15,19-20H,1-3H2. The minimum atomic E-state index is -0.252. The summed E-state index contributed by atoms with van der Waals surface area (Å²) in [7, 11) is 0. The van der Waals surface area contributed by atoms with Crippen LogP contribution in [0.25, 0.3) is 0 Å². The summed E-state index contributed by atoms with van der Waals surface area (Å²) < 4.78 is 14.2. The van der Waals surface area contributed by atoms with Crippen LogP contribution in [0.5, 0.6) is 5.75 Å². The molecule has 1 unspecified atom stereocenters. The number of benzene rings is 2. The van der Waals surface area contributed by atoms with Gasteiger partial charge in [0.05, 0.1) is 11.7 Å². The Kier molecular flexibility index (Phi) is 3.66. The molecule has 1 atom stereocenters. The normalized spacial score (nSPS) is 17.6. The van der Waals surface area contributed by atoms with Crippen LogP contribution in [0.15, 0.2) is 40.9 Å². The summed E-state index contributed by atoms with van der Waals surface area (Å²) >= 11 is 3.44. The Bertz CT molecular complexity index is 644. The number of nitrogens with one attached hydrogen (secondary N) is 1. The molecule has 2 aromatic rings. The molecule has 1 aliphatic rings. The molecular weight excluding hydrogens is 321 g/mol. The van der Waals surface area contributed by atoms with Crippen LogP contribution in [-0.4, -0.2) is 5.11 Å². The van der Waals surface area contributed by atoms with E-state index in [1.165, 1.54) is 23.3 Å². The van der Waals surface area contributed by atoms with E-state index in [0.717, 1.165) is 29.4 Å². The minimum Gasteiger partial charge on any atom is -0.508 e. The van der Waals surface area contributed by atoms with Gasteiger partial charge in [0.2, 0.25) is 0 Å². The molecule has 4 heteroatoms. The summed E-state index contributed by atoms with van der Waals surface area (Å²) in [4.78, 5) is 0. The van der Waals surface area contributed by atoms with Crippen molar-refractivity contribution in [1.29, 1.82) is 0 Å². The van der Waals surface area contributed by atoms with E-state index in [1.807, 2.05) is 12.1 Å². The van der Waals surface area contributed by atoms with Crippen LogP contribution in [0.2, 0.25) is 0 Å². The lowest BCUT2D eigenvalue weighted by atomic mass is 9.87. The van der Waals surface area contributed by atoms with Crippen LogP contribution in [0, 0.1) is 5.82 Å². The van der Waals surface area contributed by atoms with E-state index in [1.54, 1.807) is 12.1 Å². The summed E-state index contributed by atoms with van der Waals surface area (Å²) in [5.41, 5.74) is 3.11. The van der Waals surface area contributed by atoms with Gasteiger partial charge in [-0.05, 0) is 76.7 Å². The molecule has 0 saturated heterocycles.